The van der Waals surface area contributed by atoms with Gasteiger partial charge in [0.1, 0.15) is 0 Å². The van der Waals surface area contributed by atoms with Crippen molar-refractivity contribution in [1.29, 1.82) is 0 Å². The van der Waals surface area contributed by atoms with Gasteiger partial charge in [-0.15, -0.1) is 0 Å². The van der Waals surface area contributed by atoms with Crippen molar-refractivity contribution >= 4 is 11.6 Å². The summed E-state index contributed by atoms with van der Waals surface area (Å²) >= 11 is 0. The molecule has 1 saturated heterocycles. The van der Waals surface area contributed by atoms with Crippen LogP contribution >= 0.6 is 0 Å². The van der Waals surface area contributed by atoms with E-state index < -0.39 is 0 Å². The van der Waals surface area contributed by atoms with Gasteiger partial charge in [-0.05, 0) is 43.0 Å². The van der Waals surface area contributed by atoms with Gasteiger partial charge in [-0.2, -0.15) is 0 Å². The number of primary amides is 1. The second kappa shape index (κ2) is 4.56. The van der Waals surface area contributed by atoms with Gasteiger partial charge < -0.3 is 10.6 Å². The van der Waals surface area contributed by atoms with E-state index in [0.29, 0.717) is 5.56 Å². The number of amides is 1. The molecule has 3 nitrogen and oxygen atoms in total. The minimum absolute atomic E-state index is 0.362. The van der Waals surface area contributed by atoms with Gasteiger partial charge in [0, 0.05) is 24.3 Å². The fraction of sp³-hybridized carbons (Fsp3) is 0.462. The quantitative estimate of drug-likeness (QED) is 0.825. The van der Waals surface area contributed by atoms with E-state index in [1.165, 1.54) is 18.5 Å². The number of benzene rings is 1. The second-order valence-corrected chi connectivity index (χ2v) is 4.58. The molecule has 0 unspecified atom stereocenters. The molecular formula is C13H18N2O. The molecule has 0 spiro atoms. The van der Waals surface area contributed by atoms with Crippen molar-refractivity contribution in [1.82, 2.24) is 0 Å². The molecule has 0 radical (unpaired) electrons. The zero-order valence-electron chi connectivity index (χ0n) is 9.65. The van der Waals surface area contributed by atoms with Gasteiger partial charge in [-0.1, -0.05) is 6.92 Å². The minimum Gasteiger partial charge on any atom is -0.372 e. The summed E-state index contributed by atoms with van der Waals surface area (Å²) in [6.45, 7) is 4.52. The molecule has 86 valence electrons. The van der Waals surface area contributed by atoms with Crippen LogP contribution in [0.25, 0.3) is 0 Å². The van der Waals surface area contributed by atoms with Crippen LogP contribution in [0.1, 0.15) is 30.1 Å². The molecule has 1 aromatic carbocycles. The van der Waals surface area contributed by atoms with E-state index >= 15 is 0 Å². The lowest BCUT2D eigenvalue weighted by Gasteiger charge is -2.32. The maximum atomic E-state index is 10.9. The smallest absolute Gasteiger partial charge is 0.248 e. The molecule has 0 aliphatic carbocycles. The van der Waals surface area contributed by atoms with Gasteiger partial charge in [0.2, 0.25) is 5.91 Å². The molecule has 1 fully saturated rings. The summed E-state index contributed by atoms with van der Waals surface area (Å²) in [4.78, 5) is 13.3. The van der Waals surface area contributed by atoms with Crippen LogP contribution in [-0.4, -0.2) is 19.0 Å². The molecule has 2 rings (SSSR count). The SMILES string of the molecule is CC1CCN(c2ccc(C(N)=O)cc2)CC1. The highest BCUT2D eigenvalue weighted by Gasteiger charge is 2.15. The van der Waals surface area contributed by atoms with E-state index in [1.807, 2.05) is 12.1 Å². The van der Waals surface area contributed by atoms with Crippen LogP contribution in [0.3, 0.4) is 0 Å². The maximum Gasteiger partial charge on any atom is 0.248 e. The van der Waals surface area contributed by atoms with Crippen LogP contribution in [0.15, 0.2) is 24.3 Å². The Bertz CT molecular complexity index is 364. The average Bonchev–Trinajstić information content (AvgIpc) is 2.30. The number of rotatable bonds is 2. The van der Waals surface area contributed by atoms with Crippen LogP contribution in [0.4, 0.5) is 5.69 Å². The monoisotopic (exact) mass is 218 g/mol. The van der Waals surface area contributed by atoms with Gasteiger partial charge >= 0.3 is 0 Å². The van der Waals surface area contributed by atoms with Crippen LogP contribution < -0.4 is 10.6 Å². The van der Waals surface area contributed by atoms with Gasteiger partial charge in [-0.3, -0.25) is 4.79 Å². The third kappa shape index (κ3) is 2.35. The third-order valence-electron chi connectivity index (χ3n) is 3.30. The van der Waals surface area contributed by atoms with E-state index in [2.05, 4.69) is 11.8 Å². The van der Waals surface area contributed by atoms with Crippen molar-refractivity contribution in [3.63, 3.8) is 0 Å². The molecular weight excluding hydrogens is 200 g/mol. The Kier molecular flexibility index (Phi) is 3.13. The first-order valence-electron chi connectivity index (χ1n) is 5.81. The molecule has 1 aromatic rings. The molecule has 3 heteroatoms. The van der Waals surface area contributed by atoms with E-state index in [1.54, 1.807) is 12.1 Å². The summed E-state index contributed by atoms with van der Waals surface area (Å²) in [6.07, 6.45) is 2.50. The fourth-order valence-corrected chi connectivity index (χ4v) is 2.10. The normalized spacial score (nSPS) is 17.4. The van der Waals surface area contributed by atoms with Gasteiger partial charge in [-0.25, -0.2) is 0 Å². The predicted octanol–water partition coefficient (Wildman–Crippen LogP) is 2.02. The lowest BCUT2D eigenvalue weighted by Crippen LogP contribution is -2.32. The first-order valence-corrected chi connectivity index (χ1v) is 5.81. The van der Waals surface area contributed by atoms with Crippen molar-refractivity contribution in [3.05, 3.63) is 29.8 Å². The molecule has 0 saturated carbocycles. The van der Waals surface area contributed by atoms with E-state index in [0.717, 1.165) is 19.0 Å². The van der Waals surface area contributed by atoms with Gasteiger partial charge in [0.25, 0.3) is 0 Å². The van der Waals surface area contributed by atoms with Crippen LogP contribution in [0.2, 0.25) is 0 Å². The van der Waals surface area contributed by atoms with E-state index in [4.69, 9.17) is 5.73 Å². The lowest BCUT2D eigenvalue weighted by molar-refractivity contribution is 0.100. The molecule has 1 aliphatic rings. The number of nitrogens with zero attached hydrogens (tertiary/aromatic N) is 1. The van der Waals surface area contributed by atoms with Crippen molar-refractivity contribution in [2.24, 2.45) is 11.7 Å². The Balaban J connectivity index is 2.07. The number of nitrogens with two attached hydrogens (primary N) is 1. The van der Waals surface area contributed by atoms with Gasteiger partial charge in [0.05, 0.1) is 0 Å². The summed E-state index contributed by atoms with van der Waals surface area (Å²) < 4.78 is 0. The first-order chi connectivity index (χ1) is 7.66. The topological polar surface area (TPSA) is 46.3 Å². The van der Waals surface area contributed by atoms with Crippen molar-refractivity contribution in [2.75, 3.05) is 18.0 Å². The summed E-state index contributed by atoms with van der Waals surface area (Å²) in [5.74, 6) is 0.472. The number of carbonyl (C=O) groups excluding carboxylic acids is 1. The fourth-order valence-electron chi connectivity index (χ4n) is 2.10. The van der Waals surface area contributed by atoms with Crippen molar-refractivity contribution in [3.8, 4) is 0 Å². The van der Waals surface area contributed by atoms with E-state index in [9.17, 15) is 4.79 Å². The second-order valence-electron chi connectivity index (χ2n) is 4.58. The summed E-state index contributed by atoms with van der Waals surface area (Å²) in [7, 11) is 0. The maximum absolute atomic E-state index is 10.9. The summed E-state index contributed by atoms with van der Waals surface area (Å²) in [5, 5.41) is 0. The molecule has 0 aromatic heterocycles. The number of piperidine rings is 1. The van der Waals surface area contributed by atoms with Crippen molar-refractivity contribution < 1.29 is 4.79 Å². The Labute approximate surface area is 96.2 Å². The number of carbonyl (C=O) groups is 1. The Hall–Kier alpha value is -1.51. The molecule has 0 bridgehead atoms. The third-order valence-corrected chi connectivity index (χ3v) is 3.30. The largest absolute Gasteiger partial charge is 0.372 e. The minimum atomic E-state index is -0.362. The Morgan fingerprint density at radius 1 is 1.25 bits per heavy atom. The molecule has 1 amide bonds. The molecule has 1 heterocycles. The number of hydrogen-bond donors (Lipinski definition) is 1. The zero-order valence-corrected chi connectivity index (χ0v) is 9.65. The van der Waals surface area contributed by atoms with Crippen LogP contribution in [0.5, 0.6) is 0 Å². The Morgan fingerprint density at radius 2 is 1.81 bits per heavy atom. The van der Waals surface area contributed by atoms with Crippen LogP contribution in [0, 0.1) is 5.92 Å². The highest BCUT2D eigenvalue weighted by molar-refractivity contribution is 5.93. The lowest BCUT2D eigenvalue weighted by atomic mass is 9.99. The predicted molar refractivity (Wildman–Crippen MR) is 65.6 cm³/mol. The molecule has 0 atom stereocenters. The van der Waals surface area contributed by atoms with Crippen molar-refractivity contribution in [2.45, 2.75) is 19.8 Å². The Morgan fingerprint density at radius 3 is 2.31 bits per heavy atom. The number of hydrogen-bond acceptors (Lipinski definition) is 2. The summed E-state index contributed by atoms with van der Waals surface area (Å²) in [6, 6.07) is 7.57. The van der Waals surface area contributed by atoms with E-state index in [-0.39, 0.29) is 5.91 Å². The van der Waals surface area contributed by atoms with Gasteiger partial charge in [0.15, 0.2) is 0 Å². The first kappa shape index (κ1) is 11.0. The standard InChI is InChI=1S/C13H18N2O/c1-10-6-8-15(9-7-10)12-4-2-11(3-5-12)13(14)16/h2-5,10H,6-9H2,1H3,(H2,14,16). The molecule has 2 N–H and O–H groups in total. The van der Waals surface area contributed by atoms with Crippen LogP contribution in [-0.2, 0) is 0 Å². The summed E-state index contributed by atoms with van der Waals surface area (Å²) in [5.41, 5.74) is 6.98. The molecule has 16 heavy (non-hydrogen) atoms. The highest BCUT2D eigenvalue weighted by atomic mass is 16.1. The zero-order chi connectivity index (χ0) is 11.5. The number of anilines is 1. The highest BCUT2D eigenvalue weighted by Crippen LogP contribution is 2.22. The average molecular weight is 218 g/mol. The molecule has 1 aliphatic heterocycles.